The van der Waals surface area contributed by atoms with E-state index >= 15 is 0 Å². The molecule has 1 fully saturated rings. The number of pyridine rings is 1. The molecule has 5 nitrogen and oxygen atoms in total. The van der Waals surface area contributed by atoms with Gasteiger partial charge in [0.2, 0.25) is 0 Å². The van der Waals surface area contributed by atoms with E-state index in [0.717, 1.165) is 23.0 Å². The summed E-state index contributed by atoms with van der Waals surface area (Å²) >= 11 is 5.96. The van der Waals surface area contributed by atoms with Gasteiger partial charge in [-0.15, -0.1) is 0 Å². The van der Waals surface area contributed by atoms with Crippen molar-refractivity contribution in [1.29, 1.82) is 0 Å². The lowest BCUT2D eigenvalue weighted by atomic mass is 10.1. The van der Waals surface area contributed by atoms with Crippen molar-refractivity contribution in [3.8, 4) is 0 Å². The second kappa shape index (κ2) is 5.87. The normalized spacial score (nSPS) is 21.6. The standard InChI is InChI=1S/C15H15ClN2O3/c16-9-1-3-11-12(5-6-17-13(11)7-9)18-8-10-2-4-14(21-10)15(19)20/h1,3,5-7,10,14H,2,4,8H2,(H,17,18)(H,19,20). The molecule has 2 heterocycles. The molecular formula is C15H15ClN2O3. The van der Waals surface area contributed by atoms with E-state index in [9.17, 15) is 4.79 Å². The number of nitrogens with zero attached hydrogens (tertiary/aromatic N) is 1. The number of hydrogen-bond donors (Lipinski definition) is 2. The molecule has 0 spiro atoms. The van der Waals surface area contributed by atoms with Crippen molar-refractivity contribution < 1.29 is 14.6 Å². The van der Waals surface area contributed by atoms with Crippen molar-refractivity contribution >= 4 is 34.2 Å². The predicted octanol–water partition coefficient (Wildman–Crippen LogP) is 2.93. The minimum atomic E-state index is -0.887. The number of carboxylic acid groups (broad SMARTS) is 1. The lowest BCUT2D eigenvalue weighted by Crippen LogP contribution is -2.24. The molecule has 2 N–H and O–H groups in total. The van der Waals surface area contributed by atoms with Crippen LogP contribution in [0.25, 0.3) is 10.9 Å². The molecule has 0 bridgehead atoms. The van der Waals surface area contributed by atoms with Gasteiger partial charge in [0.15, 0.2) is 6.10 Å². The molecule has 2 aromatic rings. The van der Waals surface area contributed by atoms with Crippen LogP contribution >= 0.6 is 11.6 Å². The number of aromatic nitrogens is 1. The average Bonchev–Trinajstić information content (AvgIpc) is 2.93. The van der Waals surface area contributed by atoms with E-state index in [1.54, 1.807) is 6.20 Å². The molecule has 110 valence electrons. The van der Waals surface area contributed by atoms with Crippen LogP contribution in [0.3, 0.4) is 0 Å². The topological polar surface area (TPSA) is 71.5 Å². The number of fused-ring (bicyclic) bond motifs is 1. The molecular weight excluding hydrogens is 292 g/mol. The number of ether oxygens (including phenoxy) is 1. The highest BCUT2D eigenvalue weighted by atomic mass is 35.5. The molecule has 2 unspecified atom stereocenters. The number of benzene rings is 1. The van der Waals surface area contributed by atoms with Crippen LogP contribution in [0.2, 0.25) is 5.02 Å². The van der Waals surface area contributed by atoms with E-state index in [2.05, 4.69) is 10.3 Å². The van der Waals surface area contributed by atoms with Crippen molar-refractivity contribution in [3.05, 3.63) is 35.5 Å². The summed E-state index contributed by atoms with van der Waals surface area (Å²) < 4.78 is 5.48. The Morgan fingerprint density at radius 1 is 1.43 bits per heavy atom. The van der Waals surface area contributed by atoms with Crippen LogP contribution < -0.4 is 5.32 Å². The van der Waals surface area contributed by atoms with Crippen LogP contribution in [0.15, 0.2) is 30.5 Å². The Bertz CT molecular complexity index is 677. The average molecular weight is 307 g/mol. The SMILES string of the molecule is O=C(O)C1CCC(CNc2ccnc3cc(Cl)ccc23)O1. The van der Waals surface area contributed by atoms with Crippen molar-refractivity contribution in [2.75, 3.05) is 11.9 Å². The number of aliphatic carboxylic acids is 1. The van der Waals surface area contributed by atoms with Crippen molar-refractivity contribution in [2.24, 2.45) is 0 Å². The zero-order valence-electron chi connectivity index (χ0n) is 11.3. The quantitative estimate of drug-likeness (QED) is 0.908. The van der Waals surface area contributed by atoms with Crippen molar-refractivity contribution in [1.82, 2.24) is 4.98 Å². The Labute approximate surface area is 126 Å². The number of hydrogen-bond acceptors (Lipinski definition) is 4. The highest BCUT2D eigenvalue weighted by Gasteiger charge is 2.30. The van der Waals surface area contributed by atoms with Crippen LogP contribution in [-0.4, -0.2) is 34.8 Å². The molecule has 1 aliphatic rings. The lowest BCUT2D eigenvalue weighted by molar-refractivity contribution is -0.149. The van der Waals surface area contributed by atoms with Crippen LogP contribution in [0, 0.1) is 0 Å². The maximum Gasteiger partial charge on any atom is 0.332 e. The maximum atomic E-state index is 10.9. The zero-order chi connectivity index (χ0) is 14.8. The predicted molar refractivity (Wildman–Crippen MR) is 80.8 cm³/mol. The fourth-order valence-electron chi connectivity index (χ4n) is 2.54. The first-order valence-electron chi connectivity index (χ1n) is 6.80. The second-order valence-corrected chi connectivity index (χ2v) is 5.50. The second-order valence-electron chi connectivity index (χ2n) is 5.06. The fourth-order valence-corrected chi connectivity index (χ4v) is 2.70. The Morgan fingerprint density at radius 3 is 3.05 bits per heavy atom. The van der Waals surface area contributed by atoms with E-state index in [1.807, 2.05) is 24.3 Å². The number of rotatable bonds is 4. The first kappa shape index (κ1) is 14.1. The summed E-state index contributed by atoms with van der Waals surface area (Å²) in [7, 11) is 0. The molecule has 0 amide bonds. The third-order valence-corrected chi connectivity index (χ3v) is 3.84. The summed E-state index contributed by atoms with van der Waals surface area (Å²) in [5.41, 5.74) is 1.77. The van der Waals surface area contributed by atoms with Crippen LogP contribution in [0.5, 0.6) is 0 Å². The van der Waals surface area contributed by atoms with E-state index in [1.165, 1.54) is 0 Å². The number of halogens is 1. The van der Waals surface area contributed by atoms with E-state index in [0.29, 0.717) is 18.0 Å². The third-order valence-electron chi connectivity index (χ3n) is 3.61. The van der Waals surface area contributed by atoms with Gasteiger partial charge < -0.3 is 15.2 Å². The van der Waals surface area contributed by atoms with Gasteiger partial charge in [-0.05, 0) is 37.1 Å². The first-order valence-corrected chi connectivity index (χ1v) is 7.17. The highest BCUT2D eigenvalue weighted by Crippen LogP contribution is 2.25. The van der Waals surface area contributed by atoms with Gasteiger partial charge in [0.1, 0.15) is 0 Å². The van der Waals surface area contributed by atoms with Gasteiger partial charge in [-0.2, -0.15) is 0 Å². The summed E-state index contributed by atoms with van der Waals surface area (Å²) in [4.78, 5) is 15.1. The lowest BCUT2D eigenvalue weighted by Gasteiger charge is -2.14. The fraction of sp³-hybridized carbons (Fsp3) is 0.333. The third kappa shape index (κ3) is 3.09. The minimum absolute atomic E-state index is 0.0818. The van der Waals surface area contributed by atoms with Crippen LogP contribution in [0.4, 0.5) is 5.69 Å². The molecule has 0 radical (unpaired) electrons. The molecule has 6 heteroatoms. The van der Waals surface area contributed by atoms with E-state index < -0.39 is 12.1 Å². The molecule has 2 atom stereocenters. The van der Waals surface area contributed by atoms with E-state index in [4.69, 9.17) is 21.4 Å². The zero-order valence-corrected chi connectivity index (χ0v) is 12.0. The maximum absolute atomic E-state index is 10.9. The molecule has 1 aromatic carbocycles. The minimum Gasteiger partial charge on any atom is -0.479 e. The molecule has 1 aliphatic heterocycles. The van der Waals surface area contributed by atoms with Crippen LogP contribution in [0.1, 0.15) is 12.8 Å². The van der Waals surface area contributed by atoms with Gasteiger partial charge in [0.25, 0.3) is 0 Å². The Morgan fingerprint density at radius 2 is 2.29 bits per heavy atom. The molecule has 0 saturated carbocycles. The van der Waals surface area contributed by atoms with Crippen molar-refractivity contribution in [3.63, 3.8) is 0 Å². The molecule has 1 saturated heterocycles. The molecule has 3 rings (SSSR count). The molecule has 1 aromatic heterocycles. The highest BCUT2D eigenvalue weighted by molar-refractivity contribution is 6.31. The number of nitrogens with one attached hydrogen (secondary N) is 1. The smallest absolute Gasteiger partial charge is 0.332 e. The largest absolute Gasteiger partial charge is 0.479 e. The number of carboxylic acids is 1. The molecule has 21 heavy (non-hydrogen) atoms. The monoisotopic (exact) mass is 306 g/mol. The molecule has 0 aliphatic carbocycles. The van der Waals surface area contributed by atoms with Gasteiger partial charge in [0, 0.05) is 28.8 Å². The van der Waals surface area contributed by atoms with Gasteiger partial charge in [-0.3, -0.25) is 4.98 Å². The summed E-state index contributed by atoms with van der Waals surface area (Å²) in [6, 6.07) is 7.44. The number of carbonyl (C=O) groups is 1. The Kier molecular flexibility index (Phi) is 3.94. The van der Waals surface area contributed by atoms with E-state index in [-0.39, 0.29) is 6.10 Å². The summed E-state index contributed by atoms with van der Waals surface area (Å²) in [6.45, 7) is 0.575. The summed E-state index contributed by atoms with van der Waals surface area (Å²) in [6.07, 6.45) is 2.27. The van der Waals surface area contributed by atoms with Gasteiger partial charge >= 0.3 is 5.97 Å². The Hall–Kier alpha value is -1.85. The van der Waals surface area contributed by atoms with Gasteiger partial charge in [-0.25, -0.2) is 4.79 Å². The van der Waals surface area contributed by atoms with Gasteiger partial charge in [0.05, 0.1) is 11.6 Å². The van der Waals surface area contributed by atoms with Gasteiger partial charge in [-0.1, -0.05) is 11.6 Å². The summed E-state index contributed by atoms with van der Waals surface area (Å²) in [5, 5.41) is 13.9. The van der Waals surface area contributed by atoms with Crippen LogP contribution in [-0.2, 0) is 9.53 Å². The van der Waals surface area contributed by atoms with Crippen molar-refractivity contribution in [2.45, 2.75) is 25.0 Å². The Balaban J connectivity index is 1.70. The number of anilines is 1. The first-order chi connectivity index (χ1) is 10.1. The summed E-state index contributed by atoms with van der Waals surface area (Å²) in [5.74, 6) is -0.887.